The van der Waals surface area contributed by atoms with Gasteiger partial charge in [-0.15, -0.1) is 0 Å². The van der Waals surface area contributed by atoms with Crippen molar-refractivity contribution in [2.24, 2.45) is 0 Å². The first-order valence-corrected chi connectivity index (χ1v) is 11.0. The van der Waals surface area contributed by atoms with Gasteiger partial charge in [-0.3, -0.25) is 4.79 Å². The van der Waals surface area contributed by atoms with E-state index < -0.39 is 10.0 Å². The topological polar surface area (TPSA) is 79.0 Å². The molecule has 1 aliphatic heterocycles. The van der Waals surface area contributed by atoms with Gasteiger partial charge in [-0.25, -0.2) is 8.42 Å². The van der Waals surface area contributed by atoms with Crippen LogP contribution in [0.5, 0.6) is 5.75 Å². The van der Waals surface area contributed by atoms with Gasteiger partial charge < -0.3 is 15.0 Å². The molecular formula is C21H27N3O4S. The van der Waals surface area contributed by atoms with Crippen LogP contribution in [-0.2, 0) is 14.8 Å². The molecule has 0 atom stereocenters. The summed E-state index contributed by atoms with van der Waals surface area (Å²) in [5.41, 5.74) is 0.594. The highest BCUT2D eigenvalue weighted by molar-refractivity contribution is 7.89. The fourth-order valence-corrected chi connectivity index (χ4v) is 5.10. The normalized spacial score (nSPS) is 16.0. The Hall–Kier alpha value is -2.42. The van der Waals surface area contributed by atoms with E-state index in [-0.39, 0.29) is 23.4 Å². The number of ether oxygens (including phenoxy) is 1. The molecule has 0 saturated carbocycles. The van der Waals surface area contributed by atoms with Gasteiger partial charge in [0, 0.05) is 11.7 Å². The minimum atomic E-state index is -3.78. The first-order valence-electron chi connectivity index (χ1n) is 9.59. The highest BCUT2D eigenvalue weighted by atomic mass is 32.2. The number of nitrogens with zero attached hydrogens (tertiary/aromatic N) is 2. The van der Waals surface area contributed by atoms with Crippen LogP contribution in [0.1, 0.15) is 12.8 Å². The molecule has 1 saturated heterocycles. The molecule has 3 rings (SSSR count). The summed E-state index contributed by atoms with van der Waals surface area (Å²) in [6.45, 7) is 1.37. The zero-order valence-electron chi connectivity index (χ0n) is 16.7. The van der Waals surface area contributed by atoms with Crippen molar-refractivity contribution in [3.8, 4) is 5.75 Å². The highest BCUT2D eigenvalue weighted by Crippen LogP contribution is 2.24. The van der Waals surface area contributed by atoms with Gasteiger partial charge in [-0.05, 0) is 69.4 Å². The maximum Gasteiger partial charge on any atom is 0.243 e. The molecule has 0 unspecified atom stereocenters. The number of sulfonamides is 1. The SMILES string of the molecule is COc1ccc(NC(=O)CN(C2CCN(C)CC2)S(=O)(=O)c2ccccc2)cc1. The van der Waals surface area contributed by atoms with Crippen LogP contribution in [0.3, 0.4) is 0 Å². The van der Waals surface area contributed by atoms with Gasteiger partial charge in [0.05, 0.1) is 18.6 Å². The molecule has 2 aromatic carbocycles. The third-order valence-electron chi connectivity index (χ3n) is 5.12. The number of amides is 1. The number of piperidine rings is 1. The van der Waals surface area contributed by atoms with Gasteiger partial charge in [0.2, 0.25) is 15.9 Å². The summed E-state index contributed by atoms with van der Waals surface area (Å²) in [7, 11) is -0.195. The van der Waals surface area contributed by atoms with Crippen molar-refractivity contribution in [3.63, 3.8) is 0 Å². The van der Waals surface area contributed by atoms with Crippen LogP contribution in [0.25, 0.3) is 0 Å². The average Bonchev–Trinajstić information content (AvgIpc) is 2.74. The van der Waals surface area contributed by atoms with E-state index in [2.05, 4.69) is 10.2 Å². The largest absolute Gasteiger partial charge is 0.497 e. The van der Waals surface area contributed by atoms with Crippen molar-refractivity contribution < 1.29 is 17.9 Å². The van der Waals surface area contributed by atoms with Crippen LogP contribution in [0, 0.1) is 0 Å². The minimum absolute atomic E-state index is 0.205. The molecule has 1 heterocycles. The van der Waals surface area contributed by atoms with E-state index in [0.717, 1.165) is 13.1 Å². The van der Waals surface area contributed by atoms with E-state index in [9.17, 15) is 13.2 Å². The first-order chi connectivity index (χ1) is 13.9. The molecule has 1 N–H and O–H groups in total. The summed E-state index contributed by atoms with van der Waals surface area (Å²) in [6.07, 6.45) is 1.39. The Morgan fingerprint density at radius 1 is 1.10 bits per heavy atom. The maximum atomic E-state index is 13.3. The Bertz CT molecular complexity index is 909. The number of likely N-dealkylation sites (tertiary alicyclic amines) is 1. The van der Waals surface area contributed by atoms with Gasteiger partial charge in [-0.2, -0.15) is 4.31 Å². The van der Waals surface area contributed by atoms with Gasteiger partial charge in [0.25, 0.3) is 0 Å². The van der Waals surface area contributed by atoms with Crippen LogP contribution in [0.2, 0.25) is 0 Å². The molecule has 1 aliphatic rings. The van der Waals surface area contributed by atoms with Crippen LogP contribution >= 0.6 is 0 Å². The lowest BCUT2D eigenvalue weighted by atomic mass is 10.1. The predicted molar refractivity (Wildman–Crippen MR) is 112 cm³/mol. The molecule has 7 nitrogen and oxygen atoms in total. The summed E-state index contributed by atoms with van der Waals surface area (Å²) in [5, 5.41) is 2.78. The fraction of sp³-hybridized carbons (Fsp3) is 0.381. The fourth-order valence-electron chi connectivity index (χ4n) is 3.44. The Morgan fingerprint density at radius 2 is 1.72 bits per heavy atom. The standard InChI is InChI=1S/C21H27N3O4S/c1-23-14-12-18(13-15-23)24(29(26,27)20-6-4-3-5-7-20)16-21(25)22-17-8-10-19(28-2)11-9-17/h3-11,18H,12-16H2,1-2H3,(H,22,25). The maximum absolute atomic E-state index is 13.3. The molecule has 1 fully saturated rings. The molecule has 0 radical (unpaired) electrons. The number of benzene rings is 2. The van der Waals surface area contributed by atoms with Crippen LogP contribution in [-0.4, -0.2) is 63.4 Å². The summed E-state index contributed by atoms with van der Waals surface area (Å²) >= 11 is 0. The lowest BCUT2D eigenvalue weighted by molar-refractivity contribution is -0.116. The quantitative estimate of drug-likeness (QED) is 0.749. The van der Waals surface area contributed by atoms with E-state index in [4.69, 9.17) is 4.74 Å². The monoisotopic (exact) mass is 417 g/mol. The Balaban J connectivity index is 1.80. The number of anilines is 1. The highest BCUT2D eigenvalue weighted by Gasteiger charge is 2.34. The van der Waals surface area contributed by atoms with Crippen molar-refractivity contribution in [2.75, 3.05) is 39.1 Å². The van der Waals surface area contributed by atoms with Crippen molar-refractivity contribution in [1.29, 1.82) is 0 Å². The molecule has 29 heavy (non-hydrogen) atoms. The number of hydrogen-bond donors (Lipinski definition) is 1. The zero-order valence-corrected chi connectivity index (χ0v) is 17.6. The second kappa shape index (κ2) is 9.39. The van der Waals surface area contributed by atoms with E-state index in [1.807, 2.05) is 7.05 Å². The van der Waals surface area contributed by atoms with E-state index in [0.29, 0.717) is 24.3 Å². The minimum Gasteiger partial charge on any atom is -0.497 e. The molecule has 0 bridgehead atoms. The summed E-state index contributed by atoms with van der Waals surface area (Å²) in [4.78, 5) is 15.1. The molecular weight excluding hydrogens is 390 g/mol. The van der Waals surface area contributed by atoms with Crippen LogP contribution in [0.15, 0.2) is 59.5 Å². The third kappa shape index (κ3) is 5.35. The van der Waals surface area contributed by atoms with Crippen LogP contribution < -0.4 is 10.1 Å². The summed E-state index contributed by atoms with van der Waals surface area (Å²) in [6, 6.07) is 15.0. The van der Waals surface area contributed by atoms with E-state index in [1.165, 1.54) is 4.31 Å². The van der Waals surface area contributed by atoms with Gasteiger partial charge in [0.1, 0.15) is 5.75 Å². The zero-order chi connectivity index (χ0) is 20.9. The van der Waals surface area contributed by atoms with Crippen LogP contribution in [0.4, 0.5) is 5.69 Å². The second-order valence-electron chi connectivity index (χ2n) is 7.17. The van der Waals surface area contributed by atoms with Gasteiger partial charge in [-0.1, -0.05) is 18.2 Å². The molecule has 0 aliphatic carbocycles. The summed E-state index contributed by atoms with van der Waals surface area (Å²) in [5.74, 6) is 0.316. The molecule has 156 valence electrons. The molecule has 8 heteroatoms. The number of carbonyl (C=O) groups is 1. The number of carbonyl (C=O) groups excluding carboxylic acids is 1. The van der Waals surface area contributed by atoms with E-state index >= 15 is 0 Å². The average molecular weight is 418 g/mol. The van der Waals surface area contributed by atoms with Crippen molar-refractivity contribution in [2.45, 2.75) is 23.8 Å². The molecule has 0 spiro atoms. The van der Waals surface area contributed by atoms with E-state index in [1.54, 1.807) is 61.7 Å². The predicted octanol–water partition coefficient (Wildman–Crippen LogP) is 2.42. The second-order valence-corrected chi connectivity index (χ2v) is 9.06. The number of rotatable bonds is 7. The molecule has 1 amide bonds. The lowest BCUT2D eigenvalue weighted by Crippen LogP contribution is -2.49. The lowest BCUT2D eigenvalue weighted by Gasteiger charge is -2.36. The number of methoxy groups -OCH3 is 1. The Kier molecular flexibility index (Phi) is 6.89. The summed E-state index contributed by atoms with van der Waals surface area (Å²) < 4.78 is 33.1. The van der Waals surface area contributed by atoms with Crippen molar-refractivity contribution >= 4 is 21.6 Å². The Labute approximate surface area is 172 Å². The third-order valence-corrected chi connectivity index (χ3v) is 7.03. The smallest absolute Gasteiger partial charge is 0.243 e. The first kappa shape index (κ1) is 21.3. The van der Waals surface area contributed by atoms with Gasteiger partial charge in [0.15, 0.2) is 0 Å². The molecule has 2 aromatic rings. The molecule has 0 aromatic heterocycles. The van der Waals surface area contributed by atoms with Crippen molar-refractivity contribution in [3.05, 3.63) is 54.6 Å². The van der Waals surface area contributed by atoms with Crippen molar-refractivity contribution in [1.82, 2.24) is 9.21 Å². The number of hydrogen-bond acceptors (Lipinski definition) is 5. The number of nitrogens with one attached hydrogen (secondary N) is 1. The van der Waals surface area contributed by atoms with Gasteiger partial charge >= 0.3 is 0 Å². The Morgan fingerprint density at radius 3 is 2.31 bits per heavy atom.